The van der Waals surface area contributed by atoms with Crippen molar-refractivity contribution in [2.24, 2.45) is 11.8 Å². The summed E-state index contributed by atoms with van der Waals surface area (Å²) in [5, 5.41) is 9.44. The Balaban J connectivity index is 2.15. The highest BCUT2D eigenvalue weighted by atomic mass is 79.9. The summed E-state index contributed by atoms with van der Waals surface area (Å²) in [5.74, 6) is 1.41. The van der Waals surface area contributed by atoms with Gasteiger partial charge in [0.1, 0.15) is 0 Å². The van der Waals surface area contributed by atoms with Gasteiger partial charge in [0.15, 0.2) is 0 Å². The molecular formula is C7H11BrO. The number of halogens is 1. The van der Waals surface area contributed by atoms with Crippen LogP contribution in [0.25, 0.3) is 0 Å². The average Bonchev–Trinajstić information content (AvgIpc) is 2.37. The van der Waals surface area contributed by atoms with E-state index in [-0.39, 0.29) is 6.10 Å². The zero-order valence-electron chi connectivity index (χ0n) is 5.26. The van der Waals surface area contributed by atoms with Crippen LogP contribution in [0.4, 0.5) is 0 Å². The van der Waals surface area contributed by atoms with Crippen LogP contribution in [0, 0.1) is 11.8 Å². The van der Waals surface area contributed by atoms with Crippen molar-refractivity contribution in [3.8, 4) is 0 Å². The van der Waals surface area contributed by atoms with E-state index in [1.165, 1.54) is 19.3 Å². The lowest BCUT2D eigenvalue weighted by molar-refractivity contribution is 0.121. The van der Waals surface area contributed by atoms with Crippen LogP contribution in [-0.2, 0) is 0 Å². The third-order valence-electron chi connectivity index (χ3n) is 2.77. The Morgan fingerprint density at radius 1 is 1.22 bits per heavy atom. The molecule has 2 rings (SSSR count). The summed E-state index contributed by atoms with van der Waals surface area (Å²) in [6.45, 7) is 0. The predicted octanol–water partition coefficient (Wildman–Crippen LogP) is 1.54. The van der Waals surface area contributed by atoms with E-state index >= 15 is 0 Å². The standard InChI is InChI=1S/C7H11BrO/c8-6-4-1-2-5(3-4)7(6)9/h4-7,9H,1-3H2. The fraction of sp³-hybridized carbons (Fsp3) is 1.00. The smallest absolute Gasteiger partial charge is 0.0696 e. The zero-order valence-corrected chi connectivity index (χ0v) is 6.84. The molecule has 2 aliphatic carbocycles. The fourth-order valence-corrected chi connectivity index (χ4v) is 3.10. The number of fused-ring (bicyclic) bond motifs is 2. The maximum absolute atomic E-state index is 9.44. The molecule has 2 fully saturated rings. The largest absolute Gasteiger partial charge is 0.392 e. The van der Waals surface area contributed by atoms with Gasteiger partial charge in [-0.2, -0.15) is 0 Å². The molecule has 2 saturated carbocycles. The Labute approximate surface area is 63.6 Å². The summed E-state index contributed by atoms with van der Waals surface area (Å²) in [6, 6.07) is 0. The SMILES string of the molecule is OC1C2CCC(C2)C1Br. The van der Waals surface area contributed by atoms with Crippen LogP contribution in [0.2, 0.25) is 0 Å². The van der Waals surface area contributed by atoms with E-state index in [1.54, 1.807) is 0 Å². The van der Waals surface area contributed by atoms with Crippen LogP contribution in [-0.4, -0.2) is 16.0 Å². The second-order valence-electron chi connectivity index (χ2n) is 3.27. The number of alkyl halides is 1. The molecule has 4 atom stereocenters. The molecule has 2 aliphatic rings. The topological polar surface area (TPSA) is 20.2 Å². The van der Waals surface area contributed by atoms with E-state index in [0.717, 1.165) is 5.92 Å². The van der Waals surface area contributed by atoms with Gasteiger partial charge >= 0.3 is 0 Å². The van der Waals surface area contributed by atoms with Gasteiger partial charge in [-0.05, 0) is 31.1 Å². The lowest BCUT2D eigenvalue weighted by atomic mass is 9.98. The minimum Gasteiger partial charge on any atom is -0.392 e. The first-order valence-corrected chi connectivity index (χ1v) is 4.53. The number of aliphatic hydroxyl groups excluding tert-OH is 1. The van der Waals surface area contributed by atoms with Gasteiger partial charge in [0, 0.05) is 4.83 Å². The molecule has 1 N–H and O–H groups in total. The lowest BCUT2D eigenvalue weighted by Crippen LogP contribution is -2.26. The predicted molar refractivity (Wildman–Crippen MR) is 39.6 cm³/mol. The lowest BCUT2D eigenvalue weighted by Gasteiger charge is -2.21. The van der Waals surface area contributed by atoms with Gasteiger partial charge in [-0.3, -0.25) is 0 Å². The van der Waals surface area contributed by atoms with E-state index in [9.17, 15) is 5.11 Å². The highest BCUT2D eigenvalue weighted by molar-refractivity contribution is 9.09. The molecule has 0 radical (unpaired) electrons. The number of hydrogen-bond acceptors (Lipinski definition) is 1. The van der Waals surface area contributed by atoms with E-state index in [2.05, 4.69) is 15.9 Å². The molecule has 0 saturated heterocycles. The van der Waals surface area contributed by atoms with Gasteiger partial charge in [0.25, 0.3) is 0 Å². The molecule has 0 spiro atoms. The maximum Gasteiger partial charge on any atom is 0.0696 e. The molecular weight excluding hydrogens is 180 g/mol. The van der Waals surface area contributed by atoms with Gasteiger partial charge < -0.3 is 5.11 Å². The van der Waals surface area contributed by atoms with Crippen LogP contribution < -0.4 is 0 Å². The van der Waals surface area contributed by atoms with Gasteiger partial charge in [0.05, 0.1) is 6.10 Å². The Kier molecular flexibility index (Phi) is 1.34. The summed E-state index contributed by atoms with van der Waals surface area (Å²) < 4.78 is 0. The van der Waals surface area contributed by atoms with Crippen LogP contribution in [0.3, 0.4) is 0 Å². The van der Waals surface area contributed by atoms with Crippen molar-refractivity contribution in [2.75, 3.05) is 0 Å². The number of aliphatic hydroxyl groups is 1. The maximum atomic E-state index is 9.44. The minimum absolute atomic E-state index is 0.0382. The van der Waals surface area contributed by atoms with Crippen molar-refractivity contribution in [1.82, 2.24) is 0 Å². The van der Waals surface area contributed by atoms with Gasteiger partial charge in [-0.15, -0.1) is 0 Å². The third kappa shape index (κ3) is 0.761. The number of hydrogen-bond donors (Lipinski definition) is 1. The van der Waals surface area contributed by atoms with E-state index in [0.29, 0.717) is 10.7 Å². The van der Waals surface area contributed by atoms with Gasteiger partial charge in [-0.1, -0.05) is 15.9 Å². The van der Waals surface area contributed by atoms with Crippen LogP contribution in [0.5, 0.6) is 0 Å². The second kappa shape index (κ2) is 1.96. The van der Waals surface area contributed by atoms with Crippen molar-refractivity contribution < 1.29 is 5.11 Å². The molecule has 9 heavy (non-hydrogen) atoms. The van der Waals surface area contributed by atoms with Crippen molar-refractivity contribution in [3.05, 3.63) is 0 Å². The normalized spacial score (nSPS) is 56.7. The molecule has 2 heteroatoms. The molecule has 0 aromatic heterocycles. The minimum atomic E-state index is -0.0382. The summed E-state index contributed by atoms with van der Waals surface area (Å²) in [5.41, 5.74) is 0. The van der Waals surface area contributed by atoms with E-state index in [4.69, 9.17) is 0 Å². The molecule has 1 nitrogen and oxygen atoms in total. The molecule has 4 unspecified atom stereocenters. The summed E-state index contributed by atoms with van der Waals surface area (Å²) >= 11 is 3.51. The van der Waals surface area contributed by atoms with Crippen LogP contribution >= 0.6 is 15.9 Å². The molecule has 2 bridgehead atoms. The first-order valence-electron chi connectivity index (χ1n) is 3.61. The third-order valence-corrected chi connectivity index (χ3v) is 4.06. The average molecular weight is 191 g/mol. The summed E-state index contributed by atoms with van der Waals surface area (Å²) in [4.78, 5) is 0.413. The van der Waals surface area contributed by atoms with Crippen LogP contribution in [0.15, 0.2) is 0 Å². The first-order chi connectivity index (χ1) is 4.29. The van der Waals surface area contributed by atoms with Gasteiger partial charge in [-0.25, -0.2) is 0 Å². The fourth-order valence-electron chi connectivity index (χ4n) is 2.19. The Morgan fingerprint density at radius 2 is 1.89 bits per heavy atom. The highest BCUT2D eigenvalue weighted by Gasteiger charge is 2.45. The Morgan fingerprint density at radius 3 is 2.22 bits per heavy atom. The molecule has 0 aromatic rings. The molecule has 0 heterocycles. The molecule has 0 amide bonds. The second-order valence-corrected chi connectivity index (χ2v) is 4.33. The first kappa shape index (κ1) is 6.17. The summed E-state index contributed by atoms with van der Waals surface area (Å²) in [6.07, 6.45) is 3.81. The van der Waals surface area contributed by atoms with Crippen molar-refractivity contribution in [1.29, 1.82) is 0 Å². The van der Waals surface area contributed by atoms with Crippen molar-refractivity contribution >= 4 is 15.9 Å². The van der Waals surface area contributed by atoms with E-state index in [1.807, 2.05) is 0 Å². The van der Waals surface area contributed by atoms with Gasteiger partial charge in [0.2, 0.25) is 0 Å². The van der Waals surface area contributed by atoms with Crippen LogP contribution in [0.1, 0.15) is 19.3 Å². The monoisotopic (exact) mass is 190 g/mol. The molecule has 0 aliphatic heterocycles. The van der Waals surface area contributed by atoms with E-state index < -0.39 is 0 Å². The zero-order chi connectivity index (χ0) is 6.43. The quantitative estimate of drug-likeness (QED) is 0.576. The molecule has 52 valence electrons. The van der Waals surface area contributed by atoms with Crippen molar-refractivity contribution in [3.63, 3.8) is 0 Å². The Hall–Kier alpha value is 0.440. The summed E-state index contributed by atoms with van der Waals surface area (Å²) in [7, 11) is 0. The highest BCUT2D eigenvalue weighted by Crippen LogP contribution is 2.47. The Bertz CT molecular complexity index is 108. The van der Waals surface area contributed by atoms with Crippen molar-refractivity contribution in [2.45, 2.75) is 30.2 Å². The number of rotatable bonds is 0. The molecule has 0 aromatic carbocycles.